The van der Waals surface area contributed by atoms with E-state index in [-0.39, 0.29) is 41.7 Å². The first-order valence-corrected chi connectivity index (χ1v) is 8.25. The van der Waals surface area contributed by atoms with Crippen LogP contribution >= 0.6 is 0 Å². The first kappa shape index (κ1) is 31.7. The van der Waals surface area contributed by atoms with Crippen molar-refractivity contribution in [3.63, 3.8) is 0 Å². The molecule has 0 aliphatic heterocycles. The van der Waals surface area contributed by atoms with Gasteiger partial charge >= 0.3 is 38.8 Å². The number of halogens is 1. The van der Waals surface area contributed by atoms with Crippen LogP contribution in [0, 0.1) is 87.7 Å². The van der Waals surface area contributed by atoms with Crippen LogP contribution in [0.4, 0.5) is 0 Å². The molecule has 0 atom stereocenters. The molecule has 124 valence electrons. The molecule has 0 aliphatic rings. The minimum absolute atomic E-state index is 0. The molecule has 20 heavy (non-hydrogen) atoms. The molecule has 0 heterocycles. The molecule has 0 spiro atoms. The van der Waals surface area contributed by atoms with Gasteiger partial charge in [0.05, 0.1) is 15.3 Å². The predicted molar refractivity (Wildman–Crippen MR) is 40.0 cm³/mol. The zero-order chi connectivity index (χ0) is 17.1. The van der Waals surface area contributed by atoms with E-state index < -0.39 is 33.4 Å². The van der Waals surface area contributed by atoms with Crippen LogP contribution in [-0.2, 0) is 0 Å². The average molecular weight is 553 g/mol. The van der Waals surface area contributed by atoms with Crippen molar-refractivity contribution in [1.82, 2.24) is 0 Å². The summed E-state index contributed by atoms with van der Waals surface area (Å²) < 4.78 is 47.0. The Bertz CT molecular complexity index is 245. The maximum absolute atomic E-state index is 9.11. The van der Waals surface area contributed by atoms with Gasteiger partial charge in [-0.2, -0.15) is 0 Å². The molecule has 0 aromatic heterocycles. The summed E-state index contributed by atoms with van der Waals surface area (Å²) in [5.41, 5.74) is 0. The Kier molecular flexibility index (Phi) is 16.2. The Labute approximate surface area is 140 Å². The Morgan fingerprint density at radius 2 is 0.600 bits per heavy atom. The van der Waals surface area contributed by atoms with Gasteiger partial charge in [0.15, 0.2) is 0 Å². The van der Waals surface area contributed by atoms with Crippen molar-refractivity contribution in [2.75, 3.05) is 0 Å². The van der Waals surface area contributed by atoms with Gasteiger partial charge in [0, 0.05) is 41.7 Å². The van der Waals surface area contributed by atoms with E-state index in [2.05, 4.69) is 0 Å². The fraction of sp³-hybridized carbons (Fsp3) is 0. The Balaban J connectivity index is -0.0000000512. The van der Waals surface area contributed by atoms with Crippen LogP contribution in [0.15, 0.2) is 0 Å². The van der Waals surface area contributed by atoms with E-state index in [1.165, 1.54) is 0 Å². The fourth-order valence-corrected chi connectivity index (χ4v) is 0. The minimum atomic E-state index is -8.62. The molecule has 4 N–H and O–H groups in total. The number of nitrogens with zero attached hydrogens (tertiary/aromatic N) is 3. The monoisotopic (exact) mass is 553 g/mol. The predicted octanol–water partition coefficient (Wildman–Crippen LogP) is -8.32. The molecule has 0 fully saturated rings. The van der Waals surface area contributed by atoms with Crippen molar-refractivity contribution < 1.29 is 95.8 Å². The zero-order valence-corrected chi connectivity index (χ0v) is 13.8. The van der Waals surface area contributed by atoms with E-state index in [1.807, 2.05) is 0 Å². The van der Waals surface area contributed by atoms with Crippen LogP contribution in [0.3, 0.4) is 0 Å². The molecule has 0 aromatic rings. The molecule has 0 radical (unpaired) electrons. The summed E-state index contributed by atoms with van der Waals surface area (Å²) in [6.45, 7) is 0. The van der Waals surface area contributed by atoms with Crippen LogP contribution in [0.1, 0.15) is 0 Å². The van der Waals surface area contributed by atoms with Crippen LogP contribution in [0.25, 0.3) is 0 Å². The molecule has 0 aliphatic carbocycles. The fourth-order valence-electron chi connectivity index (χ4n) is 0. The first-order chi connectivity index (χ1) is 7.65. The Morgan fingerprint density at radius 1 is 0.600 bits per heavy atom. The summed E-state index contributed by atoms with van der Waals surface area (Å²) in [5, 5.41) is 44.2. The van der Waals surface area contributed by atoms with Crippen LogP contribution in [0.5, 0.6) is 0 Å². The second-order valence-corrected chi connectivity index (χ2v) is 7.84. The van der Waals surface area contributed by atoms with Crippen LogP contribution in [-0.4, -0.2) is 29.0 Å². The van der Waals surface area contributed by atoms with Crippen molar-refractivity contribution >= 4 is 0 Å². The summed E-state index contributed by atoms with van der Waals surface area (Å²) in [7, 11) is 0. The molecule has 0 rings (SSSR count). The van der Waals surface area contributed by atoms with Crippen molar-refractivity contribution in [3.05, 3.63) is 46.0 Å². The molecule has 0 amide bonds. The van der Waals surface area contributed by atoms with Gasteiger partial charge in [0.1, 0.15) is 0 Å². The third-order valence-corrected chi connectivity index (χ3v) is 0. The second-order valence-electron chi connectivity index (χ2n) is 1.74. The second kappa shape index (κ2) is 10.2. The van der Waals surface area contributed by atoms with E-state index >= 15 is 0 Å². The number of hydrogen-bond donors (Lipinski definition) is 4. The van der Waals surface area contributed by atoms with Gasteiger partial charge in [-0.1, -0.05) is 0 Å². The third-order valence-electron chi connectivity index (χ3n) is 0. The van der Waals surface area contributed by atoms with Gasteiger partial charge in [-0.15, -0.1) is 0 Å². The van der Waals surface area contributed by atoms with Gasteiger partial charge < -0.3 is 46.0 Å². The maximum atomic E-state index is 9.11. The summed E-state index contributed by atoms with van der Waals surface area (Å²) in [4.78, 5) is 24.8. The SMILES string of the molecule is O=[N+]([O-])[O-].O=[N+]([O-])[O-].O=[N+]([O-])[O-].[Ce].[O-][I+]([O-])(O)(O)(O)O. The van der Waals surface area contributed by atoms with E-state index in [0.717, 1.165) is 0 Å². The van der Waals surface area contributed by atoms with Gasteiger partial charge in [0.25, 0.3) is 0 Å². The van der Waals surface area contributed by atoms with Crippen LogP contribution in [0.2, 0.25) is 0 Å². The summed E-state index contributed by atoms with van der Waals surface area (Å²) >= 11 is -8.62. The first-order valence-electron chi connectivity index (χ1n) is 2.63. The van der Waals surface area contributed by atoms with Crippen molar-refractivity contribution in [2.45, 2.75) is 0 Å². The molecule has 18 nitrogen and oxygen atoms in total. The van der Waals surface area contributed by atoms with Crippen molar-refractivity contribution in [1.29, 1.82) is 0 Å². The quantitative estimate of drug-likeness (QED) is 0.123. The van der Waals surface area contributed by atoms with E-state index in [4.69, 9.17) is 66.6 Å². The molecule has 20 heteroatoms. The van der Waals surface area contributed by atoms with E-state index in [0.29, 0.717) is 0 Å². The van der Waals surface area contributed by atoms with Gasteiger partial charge in [-0.3, -0.25) is 0 Å². The van der Waals surface area contributed by atoms with Crippen LogP contribution < -0.4 is 25.0 Å². The topological polar surface area (TPSA) is 326 Å². The summed E-state index contributed by atoms with van der Waals surface area (Å²) in [5.74, 6) is 0. The molecular weight excluding hydrogens is 549 g/mol. The average Bonchev–Trinajstić information content (AvgIpc) is 1.69. The molecule has 0 bridgehead atoms. The zero-order valence-electron chi connectivity index (χ0n) is 8.50. The molecule has 0 unspecified atom stereocenters. The number of rotatable bonds is 0. The van der Waals surface area contributed by atoms with E-state index in [9.17, 15) is 0 Å². The Morgan fingerprint density at radius 3 is 0.600 bits per heavy atom. The Hall–Kier alpha value is -0.533. The van der Waals surface area contributed by atoms with Gasteiger partial charge in [-0.25, -0.2) is 0 Å². The molecule has 0 aromatic carbocycles. The van der Waals surface area contributed by atoms with Gasteiger partial charge in [-0.05, 0) is 0 Å². The van der Waals surface area contributed by atoms with Crippen molar-refractivity contribution in [3.8, 4) is 0 Å². The summed E-state index contributed by atoms with van der Waals surface area (Å²) in [6.07, 6.45) is 0. The number of hydrogen-bond acceptors (Lipinski definition) is 15. The third kappa shape index (κ3) is 16600. The van der Waals surface area contributed by atoms with Crippen molar-refractivity contribution in [2.24, 2.45) is 0 Å². The summed E-state index contributed by atoms with van der Waals surface area (Å²) in [6, 6.07) is 0. The molecular formula is H4CeIN3O15-4. The van der Waals surface area contributed by atoms with E-state index in [1.54, 1.807) is 0 Å². The standard InChI is InChI=1S/Ce.H4IO6.3NO3/c;2-1(3,4,5,6)7;3*2-1(3)4/h;2-5H;;;/q;4*-1. The normalized spacial score (nSPS) is 11.7. The molecule has 0 saturated heterocycles. The van der Waals surface area contributed by atoms with Gasteiger partial charge in [0.2, 0.25) is 0 Å². The molecule has 0 saturated carbocycles.